The first kappa shape index (κ1) is 34.5. The number of ether oxygens (including phenoxy) is 4. The van der Waals surface area contributed by atoms with Gasteiger partial charge in [0.05, 0.1) is 52.7 Å². The van der Waals surface area contributed by atoms with Gasteiger partial charge in [0.15, 0.2) is 0 Å². The molecule has 1 aromatic rings. The van der Waals surface area contributed by atoms with Crippen molar-refractivity contribution >= 4 is 39.5 Å². The number of rotatable bonds is 26. The van der Waals surface area contributed by atoms with Crippen LogP contribution in [0.4, 0.5) is 0 Å². The Morgan fingerprint density at radius 2 is 1.49 bits per heavy atom. The smallest absolute Gasteiger partial charge is 0.224 e. The maximum Gasteiger partial charge on any atom is 0.224 e. The summed E-state index contributed by atoms with van der Waals surface area (Å²) in [5.74, 6) is 1.63. The minimum atomic E-state index is -0.00850. The van der Waals surface area contributed by atoms with Crippen LogP contribution in [0.2, 0.25) is 0 Å². The van der Waals surface area contributed by atoms with E-state index in [0.29, 0.717) is 64.6 Å². The first-order valence-corrected chi connectivity index (χ1v) is 16.3. The van der Waals surface area contributed by atoms with E-state index in [1.54, 1.807) is 21.6 Å². The number of carbonyl (C=O) groups is 1. The summed E-state index contributed by atoms with van der Waals surface area (Å²) in [6.45, 7) is 12.5. The molecule has 0 saturated heterocycles. The number of benzene rings is 1. The van der Waals surface area contributed by atoms with E-state index in [1.165, 1.54) is 12.0 Å². The van der Waals surface area contributed by atoms with Gasteiger partial charge in [0.25, 0.3) is 0 Å². The first-order valence-electron chi connectivity index (χ1n) is 13.1. The average Bonchev–Trinajstić information content (AvgIpc) is 2.88. The van der Waals surface area contributed by atoms with Crippen molar-refractivity contribution in [1.29, 1.82) is 0 Å². The highest BCUT2D eigenvalue weighted by atomic mass is 33.1. The number of nitrogens with one attached hydrogen (secondary N) is 2. The van der Waals surface area contributed by atoms with Crippen molar-refractivity contribution in [3.63, 3.8) is 0 Å². The van der Waals surface area contributed by atoms with Gasteiger partial charge in [0, 0.05) is 36.4 Å². The summed E-state index contributed by atoms with van der Waals surface area (Å²) >= 11 is 1.51. The minimum absolute atomic E-state index is 0.00850. The highest BCUT2D eigenvalue weighted by molar-refractivity contribution is 8.76. The van der Waals surface area contributed by atoms with E-state index in [-0.39, 0.29) is 5.91 Å². The van der Waals surface area contributed by atoms with Crippen molar-refractivity contribution < 1.29 is 27.9 Å². The molecule has 1 amide bonds. The number of carbonyl (C=O) groups excluding carboxylic acids is 1. The highest BCUT2D eigenvalue weighted by Crippen LogP contribution is 2.31. The fourth-order valence-electron chi connectivity index (χ4n) is 2.83. The highest BCUT2D eigenvalue weighted by Gasteiger charge is 2.04. The summed E-state index contributed by atoms with van der Waals surface area (Å²) < 4.78 is 27.4. The van der Waals surface area contributed by atoms with Gasteiger partial charge in [-0.05, 0) is 42.6 Å². The molecule has 2 N–H and O–H groups in total. The molecule has 0 saturated carbocycles. The van der Waals surface area contributed by atoms with Crippen LogP contribution < -0.4 is 10.6 Å². The molecule has 11 heteroatoms. The van der Waals surface area contributed by atoms with E-state index < -0.39 is 0 Å². The van der Waals surface area contributed by atoms with Gasteiger partial charge >= 0.3 is 0 Å². The Balaban J connectivity index is 1.93. The Labute approximate surface area is 236 Å². The van der Waals surface area contributed by atoms with Gasteiger partial charge in [-0.15, -0.1) is 0 Å². The molecule has 0 aliphatic heterocycles. The monoisotopic (exact) mass is 578 g/mol. The van der Waals surface area contributed by atoms with Crippen LogP contribution in [0.25, 0.3) is 0 Å². The van der Waals surface area contributed by atoms with Crippen LogP contribution >= 0.6 is 33.6 Å². The maximum atomic E-state index is 12.1. The predicted octanol–water partition coefficient (Wildman–Crippen LogP) is 4.57. The lowest BCUT2D eigenvalue weighted by Crippen LogP contribution is -2.29. The molecule has 37 heavy (non-hydrogen) atoms. The molecule has 0 heterocycles. The quantitative estimate of drug-likeness (QED) is 0.0705. The van der Waals surface area contributed by atoms with Crippen LogP contribution in [0.5, 0.6) is 0 Å². The third-order valence-corrected chi connectivity index (χ3v) is 7.29. The molecule has 0 spiro atoms. The van der Waals surface area contributed by atoms with Gasteiger partial charge in [-0.1, -0.05) is 54.5 Å². The van der Waals surface area contributed by atoms with Crippen molar-refractivity contribution in [3.05, 3.63) is 29.8 Å². The van der Waals surface area contributed by atoms with Crippen LogP contribution in [0.3, 0.4) is 0 Å². The lowest BCUT2D eigenvalue weighted by atomic mass is 10.1. The standard InChI is InChI=1S/C26H46N2O6S3/c1-4-35-34-14-6-5-13-33-22-36-37-25-9-7-24(8-10-25)21-26(29)28-12-16-31-18-20-32-19-17-30-15-11-27-23(2)3/h7-10,23,27H,4-6,11-22H2,1-3H3,(H,28,29). The van der Waals surface area contributed by atoms with Crippen LogP contribution in [-0.4, -0.2) is 89.6 Å². The normalized spacial score (nSPS) is 11.4. The Kier molecular flexibility index (Phi) is 24.0. The number of unbranched alkanes of at least 4 members (excludes halogenated alkanes) is 1. The van der Waals surface area contributed by atoms with Gasteiger partial charge in [-0.25, -0.2) is 0 Å². The fraction of sp³-hybridized carbons (Fsp3) is 0.731. The van der Waals surface area contributed by atoms with E-state index >= 15 is 0 Å². The largest absolute Gasteiger partial charge is 0.378 e. The Bertz CT molecular complexity index is 656. The third kappa shape index (κ3) is 23.1. The predicted molar refractivity (Wildman–Crippen MR) is 156 cm³/mol. The average molecular weight is 579 g/mol. The van der Waals surface area contributed by atoms with Crippen molar-refractivity contribution in [1.82, 2.24) is 10.6 Å². The Hall–Kier alpha value is -0.500. The molecule has 8 nitrogen and oxygen atoms in total. The van der Waals surface area contributed by atoms with Gasteiger partial charge in [-0.3, -0.25) is 4.79 Å². The molecule has 0 radical (unpaired) electrons. The van der Waals surface area contributed by atoms with Crippen molar-refractivity contribution in [2.45, 2.75) is 51.0 Å². The summed E-state index contributed by atoms with van der Waals surface area (Å²) in [6.07, 6.45) is 2.40. The Morgan fingerprint density at radius 3 is 2.16 bits per heavy atom. The molecule has 1 aromatic carbocycles. The molecular formula is C26H46N2O6S3. The van der Waals surface area contributed by atoms with Gasteiger partial charge in [0.1, 0.15) is 5.94 Å². The minimum Gasteiger partial charge on any atom is -0.378 e. The maximum absolute atomic E-state index is 12.1. The molecule has 0 bridgehead atoms. The lowest BCUT2D eigenvalue weighted by Gasteiger charge is -2.09. The lowest BCUT2D eigenvalue weighted by molar-refractivity contribution is -0.120. The van der Waals surface area contributed by atoms with Crippen LogP contribution in [-0.2, 0) is 34.3 Å². The molecule has 0 fully saturated rings. The molecule has 214 valence electrons. The zero-order chi connectivity index (χ0) is 26.8. The molecule has 0 atom stereocenters. The second kappa shape index (κ2) is 25.8. The summed E-state index contributed by atoms with van der Waals surface area (Å²) in [5.41, 5.74) is 0.989. The van der Waals surface area contributed by atoms with E-state index in [0.717, 1.165) is 48.8 Å². The third-order valence-electron chi connectivity index (χ3n) is 4.65. The number of amides is 1. The number of hydrogen-bond donors (Lipinski definition) is 2. The zero-order valence-corrected chi connectivity index (χ0v) is 25.1. The second-order valence-electron chi connectivity index (χ2n) is 8.28. The van der Waals surface area contributed by atoms with Crippen molar-refractivity contribution in [3.8, 4) is 0 Å². The van der Waals surface area contributed by atoms with Crippen LogP contribution in [0, 0.1) is 0 Å². The van der Waals surface area contributed by atoms with Gasteiger partial charge < -0.3 is 33.8 Å². The van der Waals surface area contributed by atoms with Gasteiger partial charge in [-0.2, -0.15) is 0 Å². The fourth-order valence-corrected chi connectivity index (χ4v) is 4.94. The zero-order valence-electron chi connectivity index (χ0n) is 22.7. The van der Waals surface area contributed by atoms with E-state index in [4.69, 9.17) is 23.1 Å². The van der Waals surface area contributed by atoms with E-state index in [1.807, 2.05) is 24.3 Å². The van der Waals surface area contributed by atoms with Gasteiger partial charge in [0.2, 0.25) is 5.91 Å². The summed E-state index contributed by atoms with van der Waals surface area (Å²) in [7, 11) is 3.35. The van der Waals surface area contributed by atoms with Crippen molar-refractivity contribution in [2.24, 2.45) is 0 Å². The SMILES string of the molecule is CCSOCCCCOCSSc1ccc(CC(=O)NCCOCCOCCOCCNC(C)C)cc1. The topological polar surface area (TPSA) is 87.3 Å². The van der Waals surface area contributed by atoms with E-state index in [2.05, 4.69) is 31.4 Å². The molecular weight excluding hydrogens is 532 g/mol. The summed E-state index contributed by atoms with van der Waals surface area (Å²) in [5, 5.41) is 6.18. The molecule has 0 aliphatic carbocycles. The Morgan fingerprint density at radius 1 is 0.838 bits per heavy atom. The molecule has 0 aliphatic rings. The second-order valence-corrected chi connectivity index (χ2v) is 11.6. The summed E-state index contributed by atoms with van der Waals surface area (Å²) in [4.78, 5) is 13.3. The van der Waals surface area contributed by atoms with E-state index in [9.17, 15) is 4.79 Å². The van der Waals surface area contributed by atoms with Crippen LogP contribution in [0.15, 0.2) is 29.2 Å². The first-order chi connectivity index (χ1) is 18.1. The van der Waals surface area contributed by atoms with Crippen molar-refractivity contribution in [2.75, 3.05) is 77.6 Å². The van der Waals surface area contributed by atoms with Crippen LogP contribution in [0.1, 0.15) is 39.2 Å². The summed E-state index contributed by atoms with van der Waals surface area (Å²) in [6, 6.07) is 8.55. The molecule has 1 rings (SSSR count). The number of hydrogen-bond acceptors (Lipinski definition) is 10. The molecule has 0 aromatic heterocycles. The molecule has 0 unspecified atom stereocenters.